The number of aliphatic imine (C=N–C) groups is 1. The minimum atomic E-state index is -0.219. The van der Waals surface area contributed by atoms with E-state index in [9.17, 15) is 4.39 Å². The highest BCUT2D eigenvalue weighted by molar-refractivity contribution is 14.0. The molecule has 1 aliphatic heterocycles. The van der Waals surface area contributed by atoms with E-state index in [2.05, 4.69) is 41.4 Å². The molecule has 0 unspecified atom stereocenters. The molecule has 0 radical (unpaired) electrons. The van der Waals surface area contributed by atoms with Crippen LogP contribution in [0.4, 0.5) is 10.1 Å². The van der Waals surface area contributed by atoms with Crippen molar-refractivity contribution in [1.29, 1.82) is 0 Å². The Morgan fingerprint density at radius 1 is 1.20 bits per heavy atom. The maximum absolute atomic E-state index is 14.5. The summed E-state index contributed by atoms with van der Waals surface area (Å²) in [6.45, 7) is 9.79. The minimum absolute atomic E-state index is 0. The van der Waals surface area contributed by atoms with Crippen molar-refractivity contribution >= 4 is 35.6 Å². The quantitative estimate of drug-likeness (QED) is 0.350. The van der Waals surface area contributed by atoms with Gasteiger partial charge in [0, 0.05) is 32.1 Å². The number of morpholine rings is 1. The number of benzene rings is 1. The molecule has 0 bridgehead atoms. The molecule has 0 amide bonds. The summed E-state index contributed by atoms with van der Waals surface area (Å²) in [6, 6.07) is 5.32. The predicted molar refractivity (Wildman–Crippen MR) is 127 cm³/mol. The zero-order chi connectivity index (χ0) is 20.9. The summed E-state index contributed by atoms with van der Waals surface area (Å²) < 4.78 is 25.6. The first-order chi connectivity index (χ1) is 13.9. The van der Waals surface area contributed by atoms with E-state index in [0.717, 1.165) is 11.3 Å². The number of nitrogens with zero attached hydrogens (tertiary/aromatic N) is 3. The summed E-state index contributed by atoms with van der Waals surface area (Å²) in [5.41, 5.74) is 1.38. The standard InChI is InChI=1S/C21H30FN5O2.HI/c1-21(2,3)18-13-24-19(29-18)14-26-20(23-4)25-12-15-5-6-17(16(22)11-15)27-7-9-28-10-8-27;/h5-6,11,13H,7-10,12,14H2,1-4H3,(H2,23,25,26);1H. The Kier molecular flexibility index (Phi) is 8.90. The molecule has 30 heavy (non-hydrogen) atoms. The first kappa shape index (κ1) is 24.4. The monoisotopic (exact) mass is 531 g/mol. The summed E-state index contributed by atoms with van der Waals surface area (Å²) in [5, 5.41) is 6.35. The fourth-order valence-electron chi connectivity index (χ4n) is 3.03. The normalized spacial score (nSPS) is 15.0. The number of guanidine groups is 1. The van der Waals surface area contributed by atoms with Crippen molar-refractivity contribution in [2.24, 2.45) is 4.99 Å². The number of halogens is 2. The zero-order valence-corrected chi connectivity index (χ0v) is 20.3. The molecular weight excluding hydrogens is 500 g/mol. The van der Waals surface area contributed by atoms with Crippen LogP contribution in [-0.4, -0.2) is 44.3 Å². The third-order valence-corrected chi connectivity index (χ3v) is 4.75. The van der Waals surface area contributed by atoms with E-state index in [1.165, 1.54) is 0 Å². The summed E-state index contributed by atoms with van der Waals surface area (Å²) in [5.74, 6) is 1.81. The van der Waals surface area contributed by atoms with Gasteiger partial charge in [0.05, 0.1) is 31.6 Å². The lowest BCUT2D eigenvalue weighted by molar-refractivity contribution is 0.122. The summed E-state index contributed by atoms with van der Waals surface area (Å²) in [7, 11) is 1.69. The van der Waals surface area contributed by atoms with Crippen LogP contribution in [0.1, 0.15) is 38.0 Å². The van der Waals surface area contributed by atoms with Gasteiger partial charge in [-0.3, -0.25) is 4.99 Å². The molecule has 7 nitrogen and oxygen atoms in total. The number of aromatic nitrogens is 1. The molecule has 2 aromatic rings. The van der Waals surface area contributed by atoms with Crippen molar-refractivity contribution in [2.45, 2.75) is 39.3 Å². The zero-order valence-electron chi connectivity index (χ0n) is 18.0. The van der Waals surface area contributed by atoms with Crippen molar-refractivity contribution in [1.82, 2.24) is 15.6 Å². The van der Waals surface area contributed by atoms with Crippen LogP contribution in [0.2, 0.25) is 0 Å². The second-order valence-corrected chi connectivity index (χ2v) is 8.03. The highest BCUT2D eigenvalue weighted by atomic mass is 127. The molecular formula is C21H31FIN5O2. The Labute approximate surface area is 194 Å². The van der Waals surface area contributed by atoms with Crippen LogP contribution in [0.3, 0.4) is 0 Å². The lowest BCUT2D eigenvalue weighted by Gasteiger charge is -2.29. The molecule has 1 saturated heterocycles. The van der Waals surface area contributed by atoms with Crippen molar-refractivity contribution in [2.75, 3.05) is 38.3 Å². The number of anilines is 1. The van der Waals surface area contributed by atoms with Gasteiger partial charge in [0.1, 0.15) is 11.6 Å². The Hall–Kier alpha value is -1.88. The van der Waals surface area contributed by atoms with Crippen LogP contribution in [0, 0.1) is 5.82 Å². The molecule has 2 N–H and O–H groups in total. The van der Waals surface area contributed by atoms with Gasteiger partial charge < -0.3 is 24.7 Å². The van der Waals surface area contributed by atoms with Gasteiger partial charge in [0.25, 0.3) is 0 Å². The van der Waals surface area contributed by atoms with E-state index in [0.29, 0.717) is 56.9 Å². The van der Waals surface area contributed by atoms with Crippen molar-refractivity contribution in [3.05, 3.63) is 47.4 Å². The van der Waals surface area contributed by atoms with Crippen molar-refractivity contribution in [3.63, 3.8) is 0 Å². The molecule has 0 saturated carbocycles. The van der Waals surface area contributed by atoms with E-state index < -0.39 is 0 Å². The third-order valence-electron chi connectivity index (χ3n) is 4.75. The first-order valence-corrected chi connectivity index (χ1v) is 9.87. The second kappa shape index (κ2) is 10.9. The first-order valence-electron chi connectivity index (χ1n) is 9.87. The molecule has 1 aliphatic rings. The molecule has 3 rings (SSSR count). The van der Waals surface area contributed by atoms with Gasteiger partial charge in [-0.05, 0) is 17.7 Å². The van der Waals surface area contributed by atoms with Crippen molar-refractivity contribution < 1.29 is 13.5 Å². The molecule has 0 atom stereocenters. The van der Waals surface area contributed by atoms with Gasteiger partial charge in [0.2, 0.25) is 5.89 Å². The van der Waals surface area contributed by atoms with Gasteiger partial charge in [-0.1, -0.05) is 26.8 Å². The van der Waals surface area contributed by atoms with Crippen LogP contribution >= 0.6 is 24.0 Å². The van der Waals surface area contributed by atoms with Crippen LogP contribution in [0.15, 0.2) is 33.8 Å². The summed E-state index contributed by atoms with van der Waals surface area (Å²) in [4.78, 5) is 10.5. The second-order valence-electron chi connectivity index (χ2n) is 8.03. The Bertz CT molecular complexity index is 844. The lowest BCUT2D eigenvalue weighted by atomic mass is 9.94. The van der Waals surface area contributed by atoms with Gasteiger partial charge >= 0.3 is 0 Å². The summed E-state index contributed by atoms with van der Waals surface area (Å²) >= 11 is 0. The largest absolute Gasteiger partial charge is 0.443 e. The van der Waals surface area contributed by atoms with Gasteiger partial charge in [0.15, 0.2) is 5.96 Å². The molecule has 0 spiro atoms. The van der Waals surface area contributed by atoms with Gasteiger partial charge in [-0.25, -0.2) is 9.37 Å². The van der Waals surface area contributed by atoms with E-state index in [-0.39, 0.29) is 35.2 Å². The van der Waals surface area contributed by atoms with E-state index >= 15 is 0 Å². The average Bonchev–Trinajstić information content (AvgIpc) is 3.18. The molecule has 1 aromatic carbocycles. The number of oxazole rings is 1. The van der Waals surface area contributed by atoms with Gasteiger partial charge in [-0.15, -0.1) is 24.0 Å². The Morgan fingerprint density at radius 2 is 1.90 bits per heavy atom. The van der Waals surface area contributed by atoms with Crippen molar-refractivity contribution in [3.8, 4) is 0 Å². The third kappa shape index (κ3) is 6.56. The van der Waals surface area contributed by atoms with Crippen LogP contribution in [0.5, 0.6) is 0 Å². The van der Waals surface area contributed by atoms with E-state index in [4.69, 9.17) is 9.15 Å². The number of nitrogens with one attached hydrogen (secondary N) is 2. The lowest BCUT2D eigenvalue weighted by Crippen LogP contribution is -2.37. The fourth-order valence-corrected chi connectivity index (χ4v) is 3.03. The molecule has 9 heteroatoms. The van der Waals surface area contributed by atoms with Crippen LogP contribution in [0.25, 0.3) is 0 Å². The smallest absolute Gasteiger partial charge is 0.213 e. The van der Waals surface area contributed by atoms with E-state index in [1.807, 2.05) is 17.0 Å². The topological polar surface area (TPSA) is 74.9 Å². The number of hydrogen-bond donors (Lipinski definition) is 2. The highest BCUT2D eigenvalue weighted by Gasteiger charge is 2.19. The van der Waals surface area contributed by atoms with Gasteiger partial charge in [-0.2, -0.15) is 0 Å². The molecule has 1 fully saturated rings. The highest BCUT2D eigenvalue weighted by Crippen LogP contribution is 2.23. The molecule has 166 valence electrons. The number of hydrogen-bond acceptors (Lipinski definition) is 5. The molecule has 0 aliphatic carbocycles. The maximum Gasteiger partial charge on any atom is 0.213 e. The SMILES string of the molecule is CN=C(NCc1ccc(N2CCOCC2)c(F)c1)NCc1ncc(C(C)(C)C)o1.I. The number of rotatable bonds is 5. The average molecular weight is 531 g/mol. The maximum atomic E-state index is 14.5. The Balaban J connectivity index is 0.00000320. The molecule has 2 heterocycles. The predicted octanol–water partition coefficient (Wildman–Crippen LogP) is 3.43. The summed E-state index contributed by atoms with van der Waals surface area (Å²) in [6.07, 6.45) is 1.76. The van der Waals surface area contributed by atoms with Crippen LogP contribution < -0.4 is 15.5 Å². The fraction of sp³-hybridized carbons (Fsp3) is 0.524. The number of ether oxygens (including phenoxy) is 1. The van der Waals surface area contributed by atoms with Crippen LogP contribution in [-0.2, 0) is 23.2 Å². The molecule has 1 aromatic heterocycles. The van der Waals surface area contributed by atoms with E-state index in [1.54, 1.807) is 19.3 Å². The minimum Gasteiger partial charge on any atom is -0.443 e. The Morgan fingerprint density at radius 3 is 2.50 bits per heavy atom.